The molecule has 2 aromatic rings. The summed E-state index contributed by atoms with van der Waals surface area (Å²) in [5.74, 6) is -3.74. The van der Waals surface area contributed by atoms with Gasteiger partial charge in [-0.25, -0.2) is 23.2 Å². The van der Waals surface area contributed by atoms with Crippen LogP contribution in [0.15, 0.2) is 24.3 Å². The first kappa shape index (κ1) is 32.8. The number of aromatic carboxylic acids is 1. The number of urea groups is 2. The summed E-state index contributed by atoms with van der Waals surface area (Å²) in [6.07, 6.45) is 0.885. The lowest BCUT2D eigenvalue weighted by atomic mass is 9.90. The number of nitrogens with one attached hydrogen (secondary N) is 4. The van der Waals surface area contributed by atoms with Crippen LogP contribution in [0.2, 0.25) is 0 Å². The van der Waals surface area contributed by atoms with Crippen LogP contribution in [0.3, 0.4) is 0 Å². The number of hydrogen-bond donors (Lipinski definition) is 5. The van der Waals surface area contributed by atoms with Gasteiger partial charge in [-0.1, -0.05) is 22.3 Å². The molecule has 0 aromatic heterocycles. The van der Waals surface area contributed by atoms with Crippen LogP contribution in [0.5, 0.6) is 0 Å². The van der Waals surface area contributed by atoms with Crippen LogP contribution in [-0.2, 0) is 33.5 Å². The summed E-state index contributed by atoms with van der Waals surface area (Å²) in [4.78, 5) is 68.8. The van der Waals surface area contributed by atoms with Gasteiger partial charge in [0, 0.05) is 16.7 Å². The van der Waals surface area contributed by atoms with Crippen LogP contribution in [0.1, 0.15) is 78.1 Å². The maximum atomic E-state index is 14.0. The van der Waals surface area contributed by atoms with E-state index in [1.54, 1.807) is 0 Å². The smallest absolute Gasteiger partial charge is 0.335 e. The number of carbonyl (C=O) groups excluding carboxylic acids is 5. The Morgan fingerprint density at radius 3 is 1.46 bits per heavy atom. The Morgan fingerprint density at radius 2 is 1.12 bits per heavy atom. The highest BCUT2D eigenvalue weighted by Crippen LogP contribution is 2.43. The van der Waals surface area contributed by atoms with Gasteiger partial charge >= 0.3 is 18.0 Å². The van der Waals surface area contributed by atoms with E-state index in [1.165, 1.54) is 12.1 Å². The van der Waals surface area contributed by atoms with E-state index in [9.17, 15) is 37.5 Å². The second-order valence-electron chi connectivity index (χ2n) is 9.10. The van der Waals surface area contributed by atoms with Crippen molar-refractivity contribution in [2.24, 2.45) is 0 Å². The number of hydrogen-bond acceptors (Lipinski definition) is 6. The first-order valence-corrected chi connectivity index (χ1v) is 11.6. The number of fused-ring (bicyclic) bond motifs is 4. The zero-order valence-corrected chi connectivity index (χ0v) is 19.9. The van der Waals surface area contributed by atoms with Crippen molar-refractivity contribution >= 4 is 46.7 Å². The van der Waals surface area contributed by atoms with Gasteiger partial charge in [0.2, 0.25) is 0 Å². The Balaban J connectivity index is 0.000000267. The molecule has 2 aromatic carbocycles. The number of rotatable bonds is 2. The second kappa shape index (κ2) is 11.2. The SMILES string of the molecule is C.C.C.O=C1NC(=O)C2(CCc3c(C(=O)Cl)ccc(F)c32)N1.O=C1NC(=O)C2(CCc3c(C(=O)O)ccc(F)c32)N1. The monoisotopic (exact) mass is 594 g/mol. The average Bonchev–Trinajstić information content (AvgIpc) is 3.56. The van der Waals surface area contributed by atoms with Gasteiger partial charge in [0.25, 0.3) is 17.1 Å². The molecule has 2 unspecified atom stereocenters. The molecule has 2 heterocycles. The zero-order valence-electron chi connectivity index (χ0n) is 19.2. The van der Waals surface area contributed by atoms with Gasteiger partial charge in [-0.2, -0.15) is 0 Å². The number of halogens is 3. The molecule has 0 saturated carbocycles. The predicted molar refractivity (Wildman–Crippen MR) is 143 cm³/mol. The van der Waals surface area contributed by atoms with Gasteiger partial charge in [0.15, 0.2) is 0 Å². The lowest BCUT2D eigenvalue weighted by Crippen LogP contribution is -2.42. The lowest BCUT2D eigenvalue weighted by Gasteiger charge is -2.21. The van der Waals surface area contributed by atoms with Crippen molar-refractivity contribution in [3.05, 3.63) is 69.3 Å². The molecule has 0 radical (unpaired) electrons. The van der Waals surface area contributed by atoms with Crippen molar-refractivity contribution in [2.45, 2.75) is 59.0 Å². The summed E-state index contributed by atoms with van der Waals surface area (Å²) in [7, 11) is 0. The summed E-state index contributed by atoms with van der Waals surface area (Å²) in [6.45, 7) is 0. The molecule has 2 atom stereocenters. The number of carboxylic acid groups (broad SMARTS) is 1. The Kier molecular flexibility index (Phi) is 9.00. The highest BCUT2D eigenvalue weighted by atomic mass is 35.5. The Morgan fingerprint density at radius 1 is 0.732 bits per heavy atom. The van der Waals surface area contributed by atoms with Crippen molar-refractivity contribution in [1.29, 1.82) is 0 Å². The van der Waals surface area contributed by atoms with E-state index in [4.69, 9.17) is 16.7 Å². The van der Waals surface area contributed by atoms with E-state index in [2.05, 4.69) is 21.3 Å². The summed E-state index contributed by atoms with van der Waals surface area (Å²) in [5, 5.41) is 17.4. The molecule has 6 rings (SSSR count). The lowest BCUT2D eigenvalue weighted by molar-refractivity contribution is -0.125. The van der Waals surface area contributed by atoms with E-state index in [1.807, 2.05) is 0 Å². The van der Waals surface area contributed by atoms with E-state index < -0.39 is 57.8 Å². The Bertz CT molecular complexity index is 1400. The van der Waals surface area contributed by atoms with Gasteiger partial charge in [0.05, 0.1) is 5.56 Å². The van der Waals surface area contributed by atoms with Crippen LogP contribution in [-0.4, -0.2) is 40.2 Å². The quantitative estimate of drug-likeness (QED) is 0.261. The molecular formula is C27H29ClF2N4O7. The van der Waals surface area contributed by atoms with Crippen LogP contribution >= 0.6 is 11.6 Å². The number of benzene rings is 2. The number of amides is 6. The van der Waals surface area contributed by atoms with E-state index in [-0.39, 0.29) is 69.4 Å². The molecule has 6 amide bonds. The third kappa shape index (κ3) is 4.79. The van der Waals surface area contributed by atoms with Crippen molar-refractivity contribution < 1.29 is 42.7 Å². The summed E-state index contributed by atoms with van der Waals surface area (Å²) < 4.78 is 28.1. The maximum Gasteiger partial charge on any atom is 0.335 e. The van der Waals surface area contributed by atoms with E-state index in [0.29, 0.717) is 12.0 Å². The molecule has 4 aliphatic rings. The molecule has 5 N–H and O–H groups in total. The fourth-order valence-electron chi connectivity index (χ4n) is 5.63. The fourth-order valence-corrected chi connectivity index (χ4v) is 5.80. The third-order valence-electron chi connectivity index (χ3n) is 7.20. The Hall–Kier alpha value is -4.39. The number of carboxylic acids is 1. The highest BCUT2D eigenvalue weighted by molar-refractivity contribution is 6.68. The van der Waals surface area contributed by atoms with Gasteiger partial charge in [-0.05, 0) is 72.7 Å². The van der Waals surface area contributed by atoms with Crippen LogP contribution < -0.4 is 21.3 Å². The van der Waals surface area contributed by atoms with Crippen LogP contribution in [0.25, 0.3) is 0 Å². The molecule has 41 heavy (non-hydrogen) atoms. The molecule has 2 aliphatic heterocycles. The van der Waals surface area contributed by atoms with Crippen LogP contribution in [0.4, 0.5) is 18.4 Å². The van der Waals surface area contributed by atoms with Crippen LogP contribution in [0, 0.1) is 11.6 Å². The van der Waals surface area contributed by atoms with E-state index >= 15 is 0 Å². The number of imide groups is 2. The molecule has 0 bridgehead atoms. The minimum absolute atomic E-state index is 0. The van der Waals surface area contributed by atoms with Crippen molar-refractivity contribution in [1.82, 2.24) is 21.3 Å². The normalized spacial score (nSPS) is 22.5. The summed E-state index contributed by atoms with van der Waals surface area (Å²) >= 11 is 5.45. The van der Waals surface area contributed by atoms with Gasteiger partial charge < -0.3 is 15.7 Å². The minimum Gasteiger partial charge on any atom is -0.478 e. The average molecular weight is 595 g/mol. The van der Waals surface area contributed by atoms with Gasteiger partial charge in [0.1, 0.15) is 22.7 Å². The molecule has 220 valence electrons. The molecule has 11 nitrogen and oxygen atoms in total. The van der Waals surface area contributed by atoms with Crippen molar-refractivity contribution in [3.63, 3.8) is 0 Å². The van der Waals surface area contributed by atoms with Crippen molar-refractivity contribution in [3.8, 4) is 0 Å². The first-order valence-electron chi connectivity index (χ1n) is 11.3. The number of carbonyl (C=O) groups is 6. The molecule has 2 fully saturated rings. The molecule has 2 saturated heterocycles. The first-order chi connectivity index (χ1) is 17.9. The molecule has 2 aliphatic carbocycles. The predicted octanol–water partition coefficient (Wildman–Crippen LogP) is 3.60. The van der Waals surface area contributed by atoms with E-state index in [0.717, 1.165) is 12.1 Å². The topological polar surface area (TPSA) is 171 Å². The van der Waals surface area contributed by atoms with Gasteiger partial charge in [-0.15, -0.1) is 0 Å². The van der Waals surface area contributed by atoms with Crippen molar-refractivity contribution in [2.75, 3.05) is 0 Å². The highest BCUT2D eigenvalue weighted by Gasteiger charge is 2.55. The largest absolute Gasteiger partial charge is 0.478 e. The molecule has 2 spiro atoms. The maximum absolute atomic E-state index is 14.0. The minimum atomic E-state index is -1.47. The fraction of sp³-hybridized carbons (Fsp3) is 0.333. The second-order valence-corrected chi connectivity index (χ2v) is 9.45. The molecular weight excluding hydrogens is 566 g/mol. The Labute approximate surface area is 239 Å². The zero-order chi connectivity index (χ0) is 27.6. The van der Waals surface area contributed by atoms with Gasteiger partial charge in [-0.3, -0.25) is 25.0 Å². The third-order valence-corrected chi connectivity index (χ3v) is 7.41. The summed E-state index contributed by atoms with van der Waals surface area (Å²) in [6, 6.07) is 3.19. The standard InChI is InChI=1S/C12H8ClFN2O3.C12H9FN2O4.3CH4/c13-9(17)6-1-2-7(14)8-5(6)3-4-12(8)10(18)15-11(19)16-12;13-7-2-1-6(9(16)17)5-3-4-12(8(5)7)10(18)14-11(19)15-12;;;/h1-2H,3-4H2,(H2,15,16,18,19);1-2H,3-4H2,(H,16,17)(H2,14,15,18,19);3*1H4. The summed E-state index contributed by atoms with van der Waals surface area (Å²) in [5.41, 5.74) is -2.09. The molecule has 14 heteroatoms.